The van der Waals surface area contributed by atoms with Gasteiger partial charge in [-0.1, -0.05) is 6.07 Å². The zero-order valence-electron chi connectivity index (χ0n) is 24.6. The van der Waals surface area contributed by atoms with Crippen LogP contribution in [0.4, 0.5) is 20.6 Å². The van der Waals surface area contributed by atoms with E-state index in [0.717, 1.165) is 33.0 Å². The molecule has 2 aromatic carbocycles. The number of ether oxygens (including phenoxy) is 2. The van der Waals surface area contributed by atoms with Gasteiger partial charge in [-0.3, -0.25) is 9.48 Å². The van der Waals surface area contributed by atoms with E-state index >= 15 is 0 Å². The summed E-state index contributed by atoms with van der Waals surface area (Å²) in [5.74, 6) is -0.751. The fourth-order valence-electron chi connectivity index (χ4n) is 5.19. The number of hydrogen-bond acceptors (Lipinski definition) is 8. The van der Waals surface area contributed by atoms with Crippen molar-refractivity contribution in [3.63, 3.8) is 0 Å². The molecule has 1 fully saturated rings. The summed E-state index contributed by atoms with van der Waals surface area (Å²) in [6.07, 6.45) is 4.34. The van der Waals surface area contributed by atoms with Crippen molar-refractivity contribution >= 4 is 56.9 Å². The van der Waals surface area contributed by atoms with Crippen LogP contribution in [0.5, 0.6) is 5.75 Å². The summed E-state index contributed by atoms with van der Waals surface area (Å²) in [7, 11) is 3.30. The molecule has 1 aliphatic heterocycles. The fraction of sp³-hybridized carbons (Fsp3) is 0.367. The van der Waals surface area contributed by atoms with Gasteiger partial charge in [0.2, 0.25) is 0 Å². The summed E-state index contributed by atoms with van der Waals surface area (Å²) in [5.41, 5.74) is 1.81. The molecule has 1 saturated heterocycles. The highest BCUT2D eigenvalue weighted by Gasteiger charge is 2.28. The van der Waals surface area contributed by atoms with Gasteiger partial charge in [-0.15, -0.1) is 0 Å². The number of hydrogen-bond donors (Lipinski definition) is 2. The molecule has 0 radical (unpaired) electrons. The monoisotopic (exact) mass is 701 g/mol. The Bertz CT molecular complexity index is 1690. The van der Waals surface area contributed by atoms with Crippen LogP contribution in [0, 0.1) is 9.39 Å². The second-order valence-corrected chi connectivity index (χ2v) is 12.4. The third kappa shape index (κ3) is 6.65. The standard InChI is InChI=1S/C30H33FIN7O4/c1-30(2,3)43-29(41)35-17-8-7-13-39(16-17)26-18-15-34-38(4)25(18)20(32)14-22(26)37-28(40)21-11-12-33-27(36-21)24-19(31)9-6-10-23(24)42-5/h6,9-12,14-15,17H,7-8,13,16H2,1-5H3,(H,35,41)(H,37,40). The molecule has 0 bridgehead atoms. The molecule has 5 rings (SSSR count). The van der Waals surface area contributed by atoms with Crippen molar-refractivity contribution in [1.82, 2.24) is 25.1 Å². The predicted octanol–water partition coefficient (Wildman–Crippen LogP) is 5.53. The molecule has 13 heteroatoms. The SMILES string of the molecule is COc1cccc(F)c1-c1nccc(C(=O)Nc2cc(I)c3c(cnn3C)c2N2CCCC(NC(=O)OC(C)(C)C)C2)n1. The third-order valence-corrected chi connectivity index (χ3v) is 7.78. The maximum absolute atomic E-state index is 14.7. The number of fused-ring (bicyclic) bond motifs is 1. The Morgan fingerprint density at radius 3 is 2.74 bits per heavy atom. The van der Waals surface area contributed by atoms with Crippen LogP contribution < -0.4 is 20.3 Å². The third-order valence-electron chi connectivity index (χ3n) is 6.96. The van der Waals surface area contributed by atoms with E-state index in [-0.39, 0.29) is 28.9 Å². The summed E-state index contributed by atoms with van der Waals surface area (Å²) in [6.45, 7) is 6.70. The Labute approximate surface area is 262 Å². The maximum atomic E-state index is 14.7. The molecular weight excluding hydrogens is 668 g/mol. The number of aromatic nitrogens is 4. The van der Waals surface area contributed by atoms with Crippen LogP contribution in [0.15, 0.2) is 42.7 Å². The molecule has 11 nitrogen and oxygen atoms in total. The van der Waals surface area contributed by atoms with E-state index in [1.807, 2.05) is 33.9 Å². The first-order valence-electron chi connectivity index (χ1n) is 13.8. The van der Waals surface area contributed by atoms with Crippen LogP contribution >= 0.6 is 22.6 Å². The van der Waals surface area contributed by atoms with Gasteiger partial charge in [0.1, 0.15) is 22.9 Å². The Morgan fingerprint density at radius 1 is 1.21 bits per heavy atom. The van der Waals surface area contributed by atoms with Crippen molar-refractivity contribution in [1.29, 1.82) is 0 Å². The van der Waals surface area contributed by atoms with Crippen LogP contribution in [0.2, 0.25) is 0 Å². The number of halogens is 2. The highest BCUT2D eigenvalue weighted by atomic mass is 127. The van der Waals surface area contributed by atoms with Crippen LogP contribution in [0.25, 0.3) is 22.3 Å². The number of carbonyl (C=O) groups excluding carboxylic acids is 2. The topological polar surface area (TPSA) is 124 Å². The number of aryl methyl sites for hydroxylation is 1. The van der Waals surface area contributed by atoms with Gasteiger partial charge in [-0.05, 0) is 80.5 Å². The van der Waals surface area contributed by atoms with E-state index in [1.165, 1.54) is 31.5 Å². The Kier molecular flexibility index (Phi) is 8.71. The van der Waals surface area contributed by atoms with Crippen LogP contribution in [-0.2, 0) is 11.8 Å². The highest BCUT2D eigenvalue weighted by molar-refractivity contribution is 14.1. The lowest BCUT2D eigenvalue weighted by molar-refractivity contribution is 0.0500. The molecule has 1 unspecified atom stereocenters. The minimum absolute atomic E-state index is 0.0344. The summed E-state index contributed by atoms with van der Waals surface area (Å²) >= 11 is 2.23. The van der Waals surface area contributed by atoms with Gasteiger partial charge >= 0.3 is 6.09 Å². The normalized spacial score (nSPS) is 15.3. The smallest absolute Gasteiger partial charge is 0.407 e. The Hall–Kier alpha value is -4.01. The number of carbonyl (C=O) groups is 2. The number of anilines is 2. The van der Waals surface area contributed by atoms with E-state index in [2.05, 4.69) is 53.2 Å². The molecule has 0 spiro atoms. The van der Waals surface area contributed by atoms with Crippen molar-refractivity contribution < 1.29 is 23.5 Å². The van der Waals surface area contributed by atoms with E-state index < -0.39 is 23.4 Å². The van der Waals surface area contributed by atoms with Gasteiger partial charge in [-0.25, -0.2) is 19.2 Å². The lowest BCUT2D eigenvalue weighted by Gasteiger charge is -2.36. The number of rotatable bonds is 6. The highest BCUT2D eigenvalue weighted by Crippen LogP contribution is 2.39. The first kappa shape index (κ1) is 30.4. The average molecular weight is 702 g/mol. The molecule has 2 amide bonds. The zero-order chi connectivity index (χ0) is 30.9. The van der Waals surface area contributed by atoms with E-state index in [4.69, 9.17) is 9.47 Å². The summed E-state index contributed by atoms with van der Waals surface area (Å²) in [4.78, 5) is 36.9. The van der Waals surface area contributed by atoms with E-state index in [9.17, 15) is 14.0 Å². The minimum Gasteiger partial charge on any atom is -0.496 e. The number of methoxy groups -OCH3 is 1. The van der Waals surface area contributed by atoms with Gasteiger partial charge in [0.15, 0.2) is 5.82 Å². The number of benzene rings is 2. The molecule has 0 saturated carbocycles. The first-order chi connectivity index (χ1) is 20.4. The molecule has 226 valence electrons. The second-order valence-electron chi connectivity index (χ2n) is 11.3. The molecule has 43 heavy (non-hydrogen) atoms. The summed E-state index contributed by atoms with van der Waals surface area (Å²) in [5, 5.41) is 11.4. The minimum atomic E-state index is -0.605. The van der Waals surface area contributed by atoms with Gasteiger partial charge in [-0.2, -0.15) is 5.10 Å². The number of amides is 2. The number of piperidine rings is 1. The summed E-state index contributed by atoms with van der Waals surface area (Å²) in [6, 6.07) is 7.63. The second kappa shape index (κ2) is 12.3. The molecule has 3 heterocycles. The fourth-order valence-corrected chi connectivity index (χ4v) is 6.15. The zero-order valence-corrected chi connectivity index (χ0v) is 26.7. The van der Waals surface area contributed by atoms with Crippen LogP contribution in [0.3, 0.4) is 0 Å². The lowest BCUT2D eigenvalue weighted by Crippen LogP contribution is -2.49. The van der Waals surface area contributed by atoms with Crippen LogP contribution in [0.1, 0.15) is 44.1 Å². The predicted molar refractivity (Wildman–Crippen MR) is 170 cm³/mol. The van der Waals surface area contributed by atoms with Crippen molar-refractivity contribution in [3.8, 4) is 17.1 Å². The molecule has 2 N–H and O–H groups in total. The van der Waals surface area contributed by atoms with E-state index in [1.54, 1.807) is 16.9 Å². The van der Waals surface area contributed by atoms with Crippen LogP contribution in [-0.4, -0.2) is 63.6 Å². The van der Waals surface area contributed by atoms with Gasteiger partial charge in [0.25, 0.3) is 5.91 Å². The Morgan fingerprint density at radius 2 is 2.00 bits per heavy atom. The van der Waals surface area contributed by atoms with Gasteiger partial charge in [0, 0.05) is 41.3 Å². The quantitative estimate of drug-likeness (QED) is 0.252. The van der Waals surface area contributed by atoms with Crippen molar-refractivity contribution in [2.45, 2.75) is 45.3 Å². The number of alkyl carbamates (subject to hydrolysis) is 1. The molecule has 0 aliphatic carbocycles. The van der Waals surface area contributed by atoms with Crippen molar-refractivity contribution in [3.05, 3.63) is 57.8 Å². The summed E-state index contributed by atoms with van der Waals surface area (Å²) < 4.78 is 28.2. The lowest BCUT2D eigenvalue weighted by atomic mass is 10.0. The number of nitrogens with one attached hydrogen (secondary N) is 2. The van der Waals surface area contributed by atoms with Gasteiger partial charge in [0.05, 0.1) is 35.8 Å². The maximum Gasteiger partial charge on any atom is 0.407 e. The first-order valence-corrected chi connectivity index (χ1v) is 14.9. The van der Waals surface area contributed by atoms with Crippen molar-refractivity contribution in [2.24, 2.45) is 7.05 Å². The Balaban J connectivity index is 1.48. The molecule has 2 aromatic heterocycles. The molecule has 1 atom stereocenters. The molecule has 1 aliphatic rings. The average Bonchev–Trinajstić information content (AvgIpc) is 3.33. The number of nitrogens with zero attached hydrogens (tertiary/aromatic N) is 5. The van der Waals surface area contributed by atoms with Crippen molar-refractivity contribution in [2.75, 3.05) is 30.4 Å². The molecular formula is C30H33FIN7O4. The molecule has 4 aromatic rings. The van der Waals surface area contributed by atoms with E-state index in [0.29, 0.717) is 18.8 Å². The van der Waals surface area contributed by atoms with Gasteiger partial charge < -0.3 is 25.0 Å². The largest absolute Gasteiger partial charge is 0.496 e.